The van der Waals surface area contributed by atoms with E-state index in [0.717, 1.165) is 22.3 Å². The number of nitrogens with zero attached hydrogens (tertiary/aromatic N) is 2. The lowest BCUT2D eigenvalue weighted by Gasteiger charge is -2.17. The number of carbonyl (C=O) groups excluding carboxylic acids is 1. The van der Waals surface area contributed by atoms with Crippen LogP contribution in [0.15, 0.2) is 30.6 Å². The standard InChI is InChI=1S/C14H17N3O/c1-10-4-5-11(2)13(6-10)14(18)17(3)9-12-7-15-16-8-12/h4-8H,9H2,1-3H3,(H,15,16). The molecule has 0 radical (unpaired) electrons. The normalized spacial score (nSPS) is 10.4. The zero-order valence-electron chi connectivity index (χ0n) is 10.9. The highest BCUT2D eigenvalue weighted by atomic mass is 16.2. The first kappa shape index (κ1) is 12.4. The summed E-state index contributed by atoms with van der Waals surface area (Å²) in [5.41, 5.74) is 3.86. The van der Waals surface area contributed by atoms with Gasteiger partial charge in [-0.15, -0.1) is 0 Å². The summed E-state index contributed by atoms with van der Waals surface area (Å²) in [4.78, 5) is 14.0. The summed E-state index contributed by atoms with van der Waals surface area (Å²) in [5.74, 6) is 0.0393. The summed E-state index contributed by atoms with van der Waals surface area (Å²) < 4.78 is 0. The van der Waals surface area contributed by atoms with Crippen LogP contribution in [-0.2, 0) is 6.54 Å². The van der Waals surface area contributed by atoms with Crippen LogP contribution in [-0.4, -0.2) is 28.1 Å². The number of hydrogen-bond donors (Lipinski definition) is 1. The van der Waals surface area contributed by atoms with Crippen LogP contribution in [0.2, 0.25) is 0 Å². The van der Waals surface area contributed by atoms with E-state index in [9.17, 15) is 4.79 Å². The lowest BCUT2D eigenvalue weighted by atomic mass is 10.0. The Bertz CT molecular complexity index is 546. The molecule has 2 aromatic rings. The second-order valence-corrected chi connectivity index (χ2v) is 4.59. The monoisotopic (exact) mass is 243 g/mol. The first-order valence-corrected chi connectivity index (χ1v) is 5.88. The second kappa shape index (κ2) is 5.04. The van der Waals surface area contributed by atoms with Gasteiger partial charge in [-0.2, -0.15) is 5.10 Å². The molecule has 0 aliphatic heterocycles. The highest BCUT2D eigenvalue weighted by Crippen LogP contribution is 2.14. The van der Waals surface area contributed by atoms with Crippen LogP contribution in [0.1, 0.15) is 27.0 Å². The van der Waals surface area contributed by atoms with Crippen molar-refractivity contribution < 1.29 is 4.79 Å². The minimum absolute atomic E-state index is 0.0393. The third-order valence-corrected chi connectivity index (χ3v) is 2.94. The third-order valence-electron chi connectivity index (χ3n) is 2.94. The van der Waals surface area contributed by atoms with Gasteiger partial charge in [-0.25, -0.2) is 0 Å². The van der Waals surface area contributed by atoms with E-state index in [2.05, 4.69) is 10.2 Å². The van der Waals surface area contributed by atoms with Crippen LogP contribution in [0, 0.1) is 13.8 Å². The Kier molecular flexibility index (Phi) is 3.46. The maximum Gasteiger partial charge on any atom is 0.254 e. The Labute approximate surface area is 107 Å². The van der Waals surface area contributed by atoms with Crippen molar-refractivity contribution in [2.75, 3.05) is 7.05 Å². The average Bonchev–Trinajstić information content (AvgIpc) is 2.84. The number of carbonyl (C=O) groups is 1. The minimum Gasteiger partial charge on any atom is -0.337 e. The largest absolute Gasteiger partial charge is 0.337 e. The number of rotatable bonds is 3. The molecule has 4 heteroatoms. The molecule has 4 nitrogen and oxygen atoms in total. The van der Waals surface area contributed by atoms with Gasteiger partial charge in [0, 0.05) is 30.9 Å². The van der Waals surface area contributed by atoms with Gasteiger partial charge >= 0.3 is 0 Å². The Morgan fingerprint density at radius 2 is 2.17 bits per heavy atom. The van der Waals surface area contributed by atoms with Gasteiger partial charge in [-0.05, 0) is 25.5 Å². The first-order chi connectivity index (χ1) is 8.58. The van der Waals surface area contributed by atoms with E-state index < -0.39 is 0 Å². The molecule has 0 saturated carbocycles. The molecule has 1 aromatic carbocycles. The molecule has 0 atom stereocenters. The smallest absolute Gasteiger partial charge is 0.254 e. The van der Waals surface area contributed by atoms with Crippen LogP contribution < -0.4 is 0 Å². The lowest BCUT2D eigenvalue weighted by molar-refractivity contribution is 0.0784. The van der Waals surface area contributed by atoms with E-state index in [1.807, 2.05) is 32.0 Å². The Morgan fingerprint density at radius 3 is 2.83 bits per heavy atom. The molecule has 0 spiro atoms. The molecule has 1 N–H and O–H groups in total. The molecule has 1 amide bonds. The summed E-state index contributed by atoms with van der Waals surface area (Å²) in [7, 11) is 1.80. The van der Waals surface area contributed by atoms with Crippen molar-refractivity contribution in [3.8, 4) is 0 Å². The zero-order valence-corrected chi connectivity index (χ0v) is 10.9. The number of aromatic amines is 1. The molecule has 0 unspecified atom stereocenters. The van der Waals surface area contributed by atoms with E-state index in [1.165, 1.54) is 0 Å². The molecule has 0 aliphatic rings. The maximum atomic E-state index is 12.3. The lowest BCUT2D eigenvalue weighted by Crippen LogP contribution is -2.26. The van der Waals surface area contributed by atoms with Crippen LogP contribution in [0.25, 0.3) is 0 Å². The SMILES string of the molecule is Cc1ccc(C)c(C(=O)N(C)Cc2cn[nH]c2)c1. The fraction of sp³-hybridized carbons (Fsp3) is 0.286. The first-order valence-electron chi connectivity index (χ1n) is 5.88. The summed E-state index contributed by atoms with van der Waals surface area (Å²) in [6.07, 6.45) is 3.53. The third kappa shape index (κ3) is 2.59. The predicted molar refractivity (Wildman–Crippen MR) is 70.3 cm³/mol. The van der Waals surface area contributed by atoms with Gasteiger partial charge in [0.25, 0.3) is 5.91 Å². The van der Waals surface area contributed by atoms with Gasteiger partial charge in [-0.3, -0.25) is 9.89 Å². The fourth-order valence-corrected chi connectivity index (χ4v) is 1.88. The summed E-state index contributed by atoms with van der Waals surface area (Å²) >= 11 is 0. The van der Waals surface area contributed by atoms with Crippen molar-refractivity contribution in [3.63, 3.8) is 0 Å². The molecule has 18 heavy (non-hydrogen) atoms. The van der Waals surface area contributed by atoms with E-state index in [-0.39, 0.29) is 5.91 Å². The van der Waals surface area contributed by atoms with Crippen molar-refractivity contribution in [2.24, 2.45) is 0 Å². The van der Waals surface area contributed by atoms with Crippen LogP contribution in [0.5, 0.6) is 0 Å². The van der Waals surface area contributed by atoms with E-state index in [1.54, 1.807) is 24.3 Å². The molecule has 0 aliphatic carbocycles. The van der Waals surface area contributed by atoms with Gasteiger partial charge in [0.05, 0.1) is 6.20 Å². The minimum atomic E-state index is 0.0393. The van der Waals surface area contributed by atoms with Gasteiger partial charge in [-0.1, -0.05) is 17.7 Å². The molecular formula is C14H17N3O. The molecular weight excluding hydrogens is 226 g/mol. The summed E-state index contributed by atoms with van der Waals surface area (Å²) in [6, 6.07) is 5.93. The zero-order chi connectivity index (χ0) is 13.1. The van der Waals surface area contributed by atoms with Gasteiger partial charge in [0.2, 0.25) is 0 Å². The number of H-pyrrole nitrogens is 1. The Hall–Kier alpha value is -2.10. The highest BCUT2D eigenvalue weighted by Gasteiger charge is 2.14. The van der Waals surface area contributed by atoms with Crippen LogP contribution in [0.3, 0.4) is 0 Å². The van der Waals surface area contributed by atoms with Crippen LogP contribution >= 0.6 is 0 Å². The van der Waals surface area contributed by atoms with E-state index >= 15 is 0 Å². The van der Waals surface area contributed by atoms with Crippen molar-refractivity contribution in [1.82, 2.24) is 15.1 Å². The molecule has 1 aromatic heterocycles. The molecule has 0 bridgehead atoms. The predicted octanol–water partition coefficient (Wildman–Crippen LogP) is 2.30. The van der Waals surface area contributed by atoms with Crippen molar-refractivity contribution >= 4 is 5.91 Å². The summed E-state index contributed by atoms with van der Waals surface area (Å²) in [6.45, 7) is 4.51. The highest BCUT2D eigenvalue weighted by molar-refractivity contribution is 5.95. The number of benzene rings is 1. The molecule has 2 rings (SSSR count). The number of nitrogens with one attached hydrogen (secondary N) is 1. The van der Waals surface area contributed by atoms with Crippen LogP contribution in [0.4, 0.5) is 0 Å². The number of aryl methyl sites for hydroxylation is 2. The Morgan fingerprint density at radius 1 is 1.39 bits per heavy atom. The van der Waals surface area contributed by atoms with Gasteiger partial charge in [0.1, 0.15) is 0 Å². The second-order valence-electron chi connectivity index (χ2n) is 4.59. The molecule has 94 valence electrons. The molecule has 0 fully saturated rings. The number of hydrogen-bond acceptors (Lipinski definition) is 2. The quantitative estimate of drug-likeness (QED) is 0.899. The van der Waals surface area contributed by atoms with Gasteiger partial charge in [0.15, 0.2) is 0 Å². The maximum absolute atomic E-state index is 12.3. The molecule has 0 saturated heterocycles. The summed E-state index contributed by atoms with van der Waals surface area (Å²) in [5, 5.41) is 6.62. The average molecular weight is 243 g/mol. The van der Waals surface area contributed by atoms with E-state index in [0.29, 0.717) is 6.54 Å². The number of aromatic nitrogens is 2. The van der Waals surface area contributed by atoms with Gasteiger partial charge < -0.3 is 4.90 Å². The topological polar surface area (TPSA) is 49.0 Å². The van der Waals surface area contributed by atoms with Crippen molar-refractivity contribution in [2.45, 2.75) is 20.4 Å². The molecule has 1 heterocycles. The van der Waals surface area contributed by atoms with E-state index in [4.69, 9.17) is 0 Å². The van der Waals surface area contributed by atoms with Crippen molar-refractivity contribution in [1.29, 1.82) is 0 Å². The van der Waals surface area contributed by atoms with Crippen molar-refractivity contribution in [3.05, 3.63) is 52.8 Å². The number of amides is 1. The Balaban J connectivity index is 2.17. The fourth-order valence-electron chi connectivity index (χ4n) is 1.88.